The van der Waals surface area contributed by atoms with Gasteiger partial charge >= 0.3 is 6.09 Å². The largest absolute Gasteiger partial charge is 0.450 e. The van der Waals surface area contributed by atoms with E-state index < -0.39 is 6.09 Å². The van der Waals surface area contributed by atoms with Gasteiger partial charge in [-0.2, -0.15) is 0 Å². The van der Waals surface area contributed by atoms with Crippen molar-refractivity contribution in [1.82, 2.24) is 10.7 Å². The lowest BCUT2D eigenvalue weighted by atomic mass is 10.1. The zero-order valence-electron chi connectivity index (χ0n) is 10.9. The Morgan fingerprint density at radius 3 is 2.53 bits per heavy atom. The summed E-state index contributed by atoms with van der Waals surface area (Å²) in [5, 5.41) is 2.63. The Balaban J connectivity index is 2.37. The molecule has 0 spiro atoms. The number of nitrogens with one attached hydrogen (secondary N) is 2. The van der Waals surface area contributed by atoms with Crippen molar-refractivity contribution in [1.29, 1.82) is 0 Å². The van der Waals surface area contributed by atoms with E-state index in [2.05, 4.69) is 10.7 Å². The fourth-order valence-corrected chi connectivity index (χ4v) is 1.39. The van der Waals surface area contributed by atoms with E-state index in [1.165, 1.54) is 0 Å². The van der Waals surface area contributed by atoms with Crippen molar-refractivity contribution in [2.45, 2.75) is 26.3 Å². The van der Waals surface area contributed by atoms with Crippen LogP contribution in [0.3, 0.4) is 0 Å². The molecule has 104 valence electrons. The number of rotatable bonds is 6. The summed E-state index contributed by atoms with van der Waals surface area (Å²) in [5.74, 6) is 4.68. The number of alkyl carbamates (subject to hydrolysis) is 1. The third-order valence-electron chi connectivity index (χ3n) is 2.52. The number of ether oxygens (including phenoxy) is 1. The summed E-state index contributed by atoms with van der Waals surface area (Å²) in [6.07, 6.45) is 1.41. The minimum atomic E-state index is -0.433. The summed E-state index contributed by atoms with van der Waals surface area (Å²) in [4.78, 5) is 22.5. The van der Waals surface area contributed by atoms with Gasteiger partial charge in [0.25, 0.3) is 5.91 Å². The maximum absolute atomic E-state index is 11.3. The smallest absolute Gasteiger partial charge is 0.407 e. The van der Waals surface area contributed by atoms with Crippen LogP contribution in [-0.4, -0.2) is 18.6 Å². The Labute approximate surface area is 112 Å². The predicted molar refractivity (Wildman–Crippen MR) is 71.2 cm³/mol. The molecule has 0 bridgehead atoms. The Bertz CT molecular complexity index is 418. The van der Waals surface area contributed by atoms with Crippen LogP contribution in [0.5, 0.6) is 0 Å². The number of carbonyl (C=O) groups excluding carboxylic acids is 2. The third-order valence-corrected chi connectivity index (χ3v) is 2.52. The highest BCUT2D eigenvalue weighted by Gasteiger charge is 2.04. The summed E-state index contributed by atoms with van der Waals surface area (Å²) in [6, 6.07) is 6.77. The molecule has 0 fully saturated rings. The van der Waals surface area contributed by atoms with E-state index in [0.717, 1.165) is 18.4 Å². The summed E-state index contributed by atoms with van der Waals surface area (Å²) in [6.45, 7) is 2.81. The Morgan fingerprint density at radius 2 is 1.95 bits per heavy atom. The van der Waals surface area contributed by atoms with E-state index in [9.17, 15) is 9.59 Å². The van der Waals surface area contributed by atoms with Gasteiger partial charge in [-0.15, -0.1) is 0 Å². The van der Waals surface area contributed by atoms with Gasteiger partial charge in [0.05, 0.1) is 6.61 Å². The fraction of sp³-hybridized carbons (Fsp3) is 0.385. The number of hydrazine groups is 1. The molecule has 0 aliphatic rings. The molecule has 0 saturated heterocycles. The molecule has 6 heteroatoms. The molecule has 0 radical (unpaired) electrons. The molecule has 0 unspecified atom stereocenters. The Kier molecular flexibility index (Phi) is 6.38. The second-order valence-corrected chi connectivity index (χ2v) is 4.01. The number of nitrogen functional groups attached to an aromatic ring is 1. The van der Waals surface area contributed by atoms with Gasteiger partial charge < -0.3 is 10.1 Å². The van der Waals surface area contributed by atoms with Crippen LogP contribution in [-0.2, 0) is 11.3 Å². The molecule has 1 aromatic rings. The van der Waals surface area contributed by atoms with Crippen LogP contribution < -0.4 is 16.6 Å². The molecule has 0 saturated carbocycles. The molecule has 0 aliphatic carbocycles. The van der Waals surface area contributed by atoms with E-state index in [4.69, 9.17) is 10.6 Å². The van der Waals surface area contributed by atoms with Crippen molar-refractivity contribution in [3.05, 3.63) is 35.4 Å². The number of unbranched alkanes of at least 4 members (excludes halogenated alkanes) is 1. The summed E-state index contributed by atoms with van der Waals surface area (Å²) >= 11 is 0. The molecule has 19 heavy (non-hydrogen) atoms. The zero-order chi connectivity index (χ0) is 14.1. The van der Waals surface area contributed by atoms with Crippen molar-refractivity contribution >= 4 is 12.0 Å². The third kappa shape index (κ3) is 5.39. The summed E-state index contributed by atoms with van der Waals surface area (Å²) in [7, 11) is 0. The van der Waals surface area contributed by atoms with Crippen molar-refractivity contribution < 1.29 is 14.3 Å². The summed E-state index contributed by atoms with van der Waals surface area (Å²) < 4.78 is 4.95. The Hall–Kier alpha value is -2.08. The Morgan fingerprint density at radius 1 is 1.26 bits per heavy atom. The van der Waals surface area contributed by atoms with Crippen molar-refractivity contribution in [2.24, 2.45) is 5.84 Å². The number of carbonyl (C=O) groups is 2. The van der Waals surface area contributed by atoms with Crippen molar-refractivity contribution in [3.8, 4) is 0 Å². The first-order valence-corrected chi connectivity index (χ1v) is 6.18. The van der Waals surface area contributed by atoms with Gasteiger partial charge in [-0.3, -0.25) is 10.2 Å². The average molecular weight is 265 g/mol. The first-order chi connectivity index (χ1) is 9.17. The van der Waals surface area contributed by atoms with E-state index in [1.54, 1.807) is 24.3 Å². The summed E-state index contributed by atoms with van der Waals surface area (Å²) in [5.41, 5.74) is 3.40. The van der Waals surface area contributed by atoms with Crippen LogP contribution in [0.2, 0.25) is 0 Å². The number of hydrogen-bond donors (Lipinski definition) is 3. The second kappa shape index (κ2) is 8.10. The van der Waals surface area contributed by atoms with Crippen molar-refractivity contribution in [2.75, 3.05) is 6.61 Å². The highest BCUT2D eigenvalue weighted by atomic mass is 16.5. The van der Waals surface area contributed by atoms with Gasteiger partial charge in [-0.05, 0) is 24.1 Å². The van der Waals surface area contributed by atoms with Crippen LogP contribution in [0.4, 0.5) is 4.79 Å². The van der Waals surface area contributed by atoms with Gasteiger partial charge in [0.1, 0.15) is 0 Å². The van der Waals surface area contributed by atoms with Gasteiger partial charge in [0.15, 0.2) is 0 Å². The SMILES string of the molecule is CCCCOC(=O)NCc1ccc(C(=O)NN)cc1. The molecule has 0 aliphatic heterocycles. The molecular weight excluding hydrogens is 246 g/mol. The molecule has 2 amide bonds. The van der Waals surface area contributed by atoms with E-state index in [-0.39, 0.29) is 5.91 Å². The molecule has 0 atom stereocenters. The molecule has 4 N–H and O–H groups in total. The monoisotopic (exact) mass is 265 g/mol. The maximum atomic E-state index is 11.3. The molecule has 6 nitrogen and oxygen atoms in total. The lowest BCUT2D eigenvalue weighted by molar-refractivity contribution is 0.0953. The van der Waals surface area contributed by atoms with Crippen LogP contribution in [0.25, 0.3) is 0 Å². The quantitative estimate of drug-likeness (QED) is 0.313. The van der Waals surface area contributed by atoms with Crippen LogP contribution in [0, 0.1) is 0 Å². The van der Waals surface area contributed by atoms with Gasteiger partial charge in [0, 0.05) is 12.1 Å². The lowest BCUT2D eigenvalue weighted by Gasteiger charge is -2.07. The lowest BCUT2D eigenvalue weighted by Crippen LogP contribution is -2.30. The number of benzene rings is 1. The minimum absolute atomic E-state index is 0.349. The normalized spacial score (nSPS) is 9.79. The fourth-order valence-electron chi connectivity index (χ4n) is 1.39. The topological polar surface area (TPSA) is 93.4 Å². The van der Waals surface area contributed by atoms with Crippen LogP contribution >= 0.6 is 0 Å². The van der Waals surface area contributed by atoms with E-state index >= 15 is 0 Å². The molecule has 0 aromatic heterocycles. The van der Waals surface area contributed by atoms with Crippen LogP contribution in [0.1, 0.15) is 35.7 Å². The first-order valence-electron chi connectivity index (χ1n) is 6.18. The highest BCUT2D eigenvalue weighted by molar-refractivity contribution is 5.93. The standard InChI is InChI=1S/C13H19N3O3/c1-2-3-8-19-13(18)15-9-10-4-6-11(7-5-10)12(17)16-14/h4-7H,2-3,8-9,14H2,1H3,(H,15,18)(H,16,17). The molecule has 0 heterocycles. The highest BCUT2D eigenvalue weighted by Crippen LogP contribution is 2.04. The number of amides is 2. The van der Waals surface area contributed by atoms with Gasteiger partial charge in [-0.1, -0.05) is 25.5 Å². The zero-order valence-corrected chi connectivity index (χ0v) is 10.9. The predicted octanol–water partition coefficient (Wildman–Crippen LogP) is 1.32. The van der Waals surface area contributed by atoms with Crippen molar-refractivity contribution in [3.63, 3.8) is 0 Å². The first kappa shape index (κ1) is 15.0. The molecule has 1 rings (SSSR count). The number of nitrogens with two attached hydrogens (primary N) is 1. The average Bonchev–Trinajstić information content (AvgIpc) is 2.45. The molecule has 1 aromatic carbocycles. The second-order valence-electron chi connectivity index (χ2n) is 4.01. The van der Waals surface area contributed by atoms with E-state index in [0.29, 0.717) is 18.7 Å². The minimum Gasteiger partial charge on any atom is -0.450 e. The van der Waals surface area contributed by atoms with Gasteiger partial charge in [0.2, 0.25) is 0 Å². The van der Waals surface area contributed by atoms with E-state index in [1.807, 2.05) is 6.92 Å². The van der Waals surface area contributed by atoms with Gasteiger partial charge in [-0.25, -0.2) is 10.6 Å². The molecular formula is C13H19N3O3. The number of hydrogen-bond acceptors (Lipinski definition) is 4. The maximum Gasteiger partial charge on any atom is 0.407 e. The van der Waals surface area contributed by atoms with Crippen LogP contribution in [0.15, 0.2) is 24.3 Å².